The van der Waals surface area contributed by atoms with Gasteiger partial charge in [-0.1, -0.05) is 6.07 Å². The van der Waals surface area contributed by atoms with Gasteiger partial charge in [0.05, 0.1) is 18.3 Å². The Labute approximate surface area is 106 Å². The second-order valence-electron chi connectivity index (χ2n) is 4.51. The zero-order valence-electron chi connectivity index (χ0n) is 10.8. The summed E-state index contributed by atoms with van der Waals surface area (Å²) in [5.74, 6) is -0.835. The van der Waals surface area contributed by atoms with Gasteiger partial charge in [0.15, 0.2) is 0 Å². The molecule has 1 N–H and O–H groups in total. The number of carboxylic acid groups (broad SMARTS) is 1. The molecule has 0 fully saturated rings. The number of nitrogens with zero attached hydrogens (tertiary/aromatic N) is 2. The fourth-order valence-corrected chi connectivity index (χ4v) is 1.90. The minimum absolute atomic E-state index is 0.0106. The van der Waals surface area contributed by atoms with Crippen LogP contribution < -0.4 is 0 Å². The largest absolute Gasteiger partial charge is 0.481 e. The van der Waals surface area contributed by atoms with Gasteiger partial charge in [-0.3, -0.25) is 4.79 Å². The van der Waals surface area contributed by atoms with Crippen molar-refractivity contribution < 1.29 is 9.90 Å². The summed E-state index contributed by atoms with van der Waals surface area (Å²) in [6.07, 6.45) is 1.63. The average Bonchev–Trinajstić information content (AvgIpc) is 2.64. The van der Waals surface area contributed by atoms with Crippen LogP contribution in [0, 0.1) is 20.8 Å². The van der Waals surface area contributed by atoms with Crippen LogP contribution in [0.25, 0.3) is 5.69 Å². The zero-order valence-corrected chi connectivity index (χ0v) is 10.8. The van der Waals surface area contributed by atoms with Crippen molar-refractivity contribution in [2.45, 2.75) is 27.2 Å². The van der Waals surface area contributed by atoms with Gasteiger partial charge in [-0.2, -0.15) is 5.10 Å². The number of hydrogen-bond acceptors (Lipinski definition) is 2. The first kappa shape index (κ1) is 12.4. The molecule has 1 heterocycles. The van der Waals surface area contributed by atoms with Crippen molar-refractivity contribution in [1.29, 1.82) is 0 Å². The third-order valence-corrected chi connectivity index (χ3v) is 3.19. The van der Waals surface area contributed by atoms with E-state index in [2.05, 4.69) is 25.0 Å². The van der Waals surface area contributed by atoms with E-state index in [9.17, 15) is 4.79 Å². The van der Waals surface area contributed by atoms with E-state index in [1.165, 1.54) is 11.1 Å². The molecule has 0 radical (unpaired) electrons. The van der Waals surface area contributed by atoms with Gasteiger partial charge in [-0.05, 0) is 44.0 Å². The predicted molar refractivity (Wildman–Crippen MR) is 69.1 cm³/mol. The van der Waals surface area contributed by atoms with Gasteiger partial charge in [0, 0.05) is 11.3 Å². The van der Waals surface area contributed by atoms with Crippen molar-refractivity contribution in [2.24, 2.45) is 0 Å². The second kappa shape index (κ2) is 4.64. The third kappa shape index (κ3) is 2.27. The van der Waals surface area contributed by atoms with Crippen molar-refractivity contribution in [3.63, 3.8) is 0 Å². The molecule has 4 nitrogen and oxygen atoms in total. The molecule has 94 valence electrons. The van der Waals surface area contributed by atoms with E-state index < -0.39 is 5.97 Å². The maximum Gasteiger partial charge on any atom is 0.307 e. The van der Waals surface area contributed by atoms with Crippen LogP contribution >= 0.6 is 0 Å². The first-order valence-electron chi connectivity index (χ1n) is 5.82. The van der Waals surface area contributed by atoms with E-state index in [-0.39, 0.29) is 6.42 Å². The highest BCUT2D eigenvalue weighted by Gasteiger charge is 2.11. The summed E-state index contributed by atoms with van der Waals surface area (Å²) in [6.45, 7) is 6.00. The van der Waals surface area contributed by atoms with Gasteiger partial charge in [0.25, 0.3) is 0 Å². The Morgan fingerprint density at radius 2 is 2.00 bits per heavy atom. The van der Waals surface area contributed by atoms with Crippen LogP contribution in [0.4, 0.5) is 0 Å². The first-order valence-corrected chi connectivity index (χ1v) is 5.82. The van der Waals surface area contributed by atoms with Crippen molar-refractivity contribution >= 4 is 5.97 Å². The summed E-state index contributed by atoms with van der Waals surface area (Å²) in [5, 5.41) is 13.1. The number of rotatable bonds is 3. The highest BCUT2D eigenvalue weighted by Crippen LogP contribution is 2.17. The Kier molecular flexibility index (Phi) is 3.19. The minimum atomic E-state index is -0.835. The molecule has 0 bridgehead atoms. The van der Waals surface area contributed by atoms with Gasteiger partial charge < -0.3 is 5.11 Å². The molecule has 0 aliphatic carbocycles. The lowest BCUT2D eigenvalue weighted by Gasteiger charge is -2.07. The van der Waals surface area contributed by atoms with Gasteiger partial charge >= 0.3 is 5.97 Å². The molecule has 1 aromatic carbocycles. The Hall–Kier alpha value is -2.10. The molecule has 18 heavy (non-hydrogen) atoms. The summed E-state index contributed by atoms with van der Waals surface area (Å²) in [4.78, 5) is 10.7. The lowest BCUT2D eigenvalue weighted by Crippen LogP contribution is -2.03. The summed E-state index contributed by atoms with van der Waals surface area (Å²) in [7, 11) is 0. The SMILES string of the molecule is Cc1ccc(-n2ncc(CC(=O)O)c2C)cc1C. The summed E-state index contributed by atoms with van der Waals surface area (Å²) >= 11 is 0. The zero-order chi connectivity index (χ0) is 13.3. The quantitative estimate of drug-likeness (QED) is 0.902. The van der Waals surface area contributed by atoms with Gasteiger partial charge in [-0.15, -0.1) is 0 Å². The third-order valence-electron chi connectivity index (χ3n) is 3.19. The topological polar surface area (TPSA) is 55.1 Å². The molecule has 0 saturated carbocycles. The number of carbonyl (C=O) groups is 1. The summed E-state index contributed by atoms with van der Waals surface area (Å²) in [5.41, 5.74) is 5.02. The molecule has 0 atom stereocenters. The number of benzene rings is 1. The standard InChI is InChI=1S/C14H16N2O2/c1-9-4-5-13(6-10(9)2)16-11(3)12(8-15-16)7-14(17)18/h4-6,8H,7H2,1-3H3,(H,17,18). The highest BCUT2D eigenvalue weighted by atomic mass is 16.4. The fraction of sp³-hybridized carbons (Fsp3) is 0.286. The van der Waals surface area contributed by atoms with Crippen LogP contribution in [-0.4, -0.2) is 20.9 Å². The number of aromatic nitrogens is 2. The van der Waals surface area contributed by atoms with E-state index in [0.717, 1.165) is 16.9 Å². The van der Waals surface area contributed by atoms with E-state index in [4.69, 9.17) is 5.11 Å². The molecule has 0 amide bonds. The van der Waals surface area contributed by atoms with E-state index in [1.807, 2.05) is 19.1 Å². The van der Waals surface area contributed by atoms with Crippen molar-refractivity contribution in [1.82, 2.24) is 9.78 Å². The summed E-state index contributed by atoms with van der Waals surface area (Å²) in [6, 6.07) is 6.09. The lowest BCUT2D eigenvalue weighted by atomic mass is 10.1. The lowest BCUT2D eigenvalue weighted by molar-refractivity contribution is -0.136. The second-order valence-corrected chi connectivity index (χ2v) is 4.51. The van der Waals surface area contributed by atoms with Crippen molar-refractivity contribution in [3.8, 4) is 5.69 Å². The van der Waals surface area contributed by atoms with E-state index in [0.29, 0.717) is 0 Å². The molecule has 0 aliphatic rings. The monoisotopic (exact) mass is 244 g/mol. The fourth-order valence-electron chi connectivity index (χ4n) is 1.90. The van der Waals surface area contributed by atoms with Crippen LogP contribution in [0.3, 0.4) is 0 Å². The summed E-state index contributed by atoms with van der Waals surface area (Å²) < 4.78 is 1.78. The smallest absolute Gasteiger partial charge is 0.307 e. The maximum atomic E-state index is 10.7. The molecule has 4 heteroatoms. The normalized spacial score (nSPS) is 10.6. The first-order chi connectivity index (χ1) is 8.49. The molecule has 0 aliphatic heterocycles. The Bertz CT molecular complexity index is 600. The Morgan fingerprint density at radius 3 is 2.61 bits per heavy atom. The van der Waals surface area contributed by atoms with Gasteiger partial charge in [0.1, 0.15) is 0 Å². The number of hydrogen-bond donors (Lipinski definition) is 1. The predicted octanol–water partition coefficient (Wildman–Crippen LogP) is 2.42. The molecule has 0 spiro atoms. The van der Waals surface area contributed by atoms with Crippen LogP contribution in [0.1, 0.15) is 22.4 Å². The molecule has 2 rings (SSSR count). The van der Waals surface area contributed by atoms with Gasteiger partial charge in [-0.25, -0.2) is 4.68 Å². The Balaban J connectivity index is 2.42. The van der Waals surface area contributed by atoms with Crippen molar-refractivity contribution in [2.75, 3.05) is 0 Å². The molecule has 2 aromatic rings. The number of carboxylic acids is 1. The molecule has 0 saturated heterocycles. The highest BCUT2D eigenvalue weighted by molar-refractivity contribution is 5.70. The number of aryl methyl sites for hydroxylation is 2. The van der Waals surface area contributed by atoms with E-state index >= 15 is 0 Å². The molecular weight excluding hydrogens is 228 g/mol. The van der Waals surface area contributed by atoms with Crippen LogP contribution in [0.5, 0.6) is 0 Å². The van der Waals surface area contributed by atoms with Crippen LogP contribution in [0.2, 0.25) is 0 Å². The van der Waals surface area contributed by atoms with E-state index in [1.54, 1.807) is 10.9 Å². The molecular formula is C14H16N2O2. The maximum absolute atomic E-state index is 10.7. The van der Waals surface area contributed by atoms with Gasteiger partial charge in [0.2, 0.25) is 0 Å². The Morgan fingerprint density at radius 1 is 1.28 bits per heavy atom. The van der Waals surface area contributed by atoms with Crippen molar-refractivity contribution in [3.05, 3.63) is 46.8 Å². The minimum Gasteiger partial charge on any atom is -0.481 e. The van der Waals surface area contributed by atoms with Crippen LogP contribution in [-0.2, 0) is 11.2 Å². The van der Waals surface area contributed by atoms with Crippen LogP contribution in [0.15, 0.2) is 24.4 Å². The average molecular weight is 244 g/mol. The molecule has 0 unspecified atom stereocenters. The molecule has 1 aromatic heterocycles. The number of aliphatic carboxylic acids is 1.